The van der Waals surface area contributed by atoms with Crippen LogP contribution >= 0.6 is 11.8 Å². The van der Waals surface area contributed by atoms with E-state index in [0.717, 1.165) is 10.9 Å². The molecule has 0 aliphatic heterocycles. The normalized spacial score (nSPS) is 10.7. The van der Waals surface area contributed by atoms with Gasteiger partial charge in [0.05, 0.1) is 16.8 Å². The lowest BCUT2D eigenvalue weighted by molar-refractivity contribution is 0.0697. The number of rotatable bonds is 3. The second kappa shape index (κ2) is 5.37. The molecule has 0 atom stereocenters. The molecule has 0 aliphatic carbocycles. The zero-order chi connectivity index (χ0) is 14.8. The second-order valence-corrected chi connectivity index (χ2v) is 5.16. The van der Waals surface area contributed by atoms with Gasteiger partial charge in [-0.15, -0.1) is 0 Å². The van der Waals surface area contributed by atoms with Gasteiger partial charge in [0.15, 0.2) is 0 Å². The van der Waals surface area contributed by atoms with Gasteiger partial charge in [0.25, 0.3) is 0 Å². The van der Waals surface area contributed by atoms with Gasteiger partial charge in [-0.2, -0.15) is 0 Å². The molecular formula is C14H10N4O2S. The summed E-state index contributed by atoms with van der Waals surface area (Å²) in [6.07, 6.45) is 2.88. The molecule has 2 heterocycles. The summed E-state index contributed by atoms with van der Waals surface area (Å²) in [7, 11) is 0. The van der Waals surface area contributed by atoms with Crippen LogP contribution in [0, 0.1) is 0 Å². The van der Waals surface area contributed by atoms with Crippen LogP contribution in [0.5, 0.6) is 0 Å². The first-order valence-electron chi connectivity index (χ1n) is 6.02. The summed E-state index contributed by atoms with van der Waals surface area (Å²) in [5.74, 6) is -1.08. The fourth-order valence-electron chi connectivity index (χ4n) is 1.87. The van der Waals surface area contributed by atoms with Crippen molar-refractivity contribution in [3.63, 3.8) is 0 Å². The van der Waals surface area contributed by atoms with Crippen LogP contribution in [0.1, 0.15) is 10.4 Å². The van der Waals surface area contributed by atoms with E-state index in [1.54, 1.807) is 0 Å². The van der Waals surface area contributed by atoms with Crippen molar-refractivity contribution < 1.29 is 9.90 Å². The number of carboxylic acid groups (broad SMARTS) is 1. The van der Waals surface area contributed by atoms with Crippen LogP contribution in [0.3, 0.4) is 0 Å². The van der Waals surface area contributed by atoms with E-state index in [0.29, 0.717) is 10.1 Å². The molecule has 2 aromatic heterocycles. The van der Waals surface area contributed by atoms with E-state index in [-0.39, 0.29) is 11.3 Å². The molecule has 7 heteroatoms. The second-order valence-electron chi connectivity index (χ2n) is 4.18. The molecule has 6 nitrogen and oxygen atoms in total. The molecule has 3 aromatic rings. The molecule has 0 fully saturated rings. The molecule has 0 saturated heterocycles. The molecule has 0 radical (unpaired) electrons. The van der Waals surface area contributed by atoms with Gasteiger partial charge < -0.3 is 10.8 Å². The quantitative estimate of drug-likeness (QED) is 0.716. The van der Waals surface area contributed by atoms with Crippen molar-refractivity contribution in [1.29, 1.82) is 0 Å². The van der Waals surface area contributed by atoms with Crippen LogP contribution < -0.4 is 5.73 Å². The Morgan fingerprint density at radius 1 is 1.10 bits per heavy atom. The van der Waals surface area contributed by atoms with Gasteiger partial charge in [0, 0.05) is 11.6 Å². The van der Waals surface area contributed by atoms with Gasteiger partial charge in [-0.05, 0) is 23.9 Å². The van der Waals surface area contributed by atoms with Crippen molar-refractivity contribution >= 4 is 34.3 Å². The fraction of sp³-hybridized carbons (Fsp3) is 0. The topological polar surface area (TPSA) is 102 Å². The third kappa shape index (κ3) is 2.50. The van der Waals surface area contributed by atoms with Gasteiger partial charge >= 0.3 is 5.97 Å². The molecule has 0 spiro atoms. The Bertz CT molecular complexity index is 833. The fourth-order valence-corrected chi connectivity index (χ4v) is 2.77. The average Bonchev–Trinajstić information content (AvgIpc) is 2.49. The average molecular weight is 298 g/mol. The standard InChI is InChI=1S/C14H10N4O2S/c15-11-9(14(19)20)5-6-16-13(11)21-12-8-3-1-2-4-10(8)17-7-18-12/h1-7H,15H2,(H,19,20). The Kier molecular flexibility index (Phi) is 3.41. The highest BCUT2D eigenvalue weighted by atomic mass is 32.2. The zero-order valence-electron chi connectivity index (χ0n) is 10.7. The minimum Gasteiger partial charge on any atom is -0.478 e. The van der Waals surface area contributed by atoms with Crippen LogP contribution in [0.25, 0.3) is 10.9 Å². The summed E-state index contributed by atoms with van der Waals surface area (Å²) in [6, 6.07) is 8.93. The molecule has 0 aliphatic rings. The highest BCUT2D eigenvalue weighted by molar-refractivity contribution is 7.99. The molecule has 3 rings (SSSR count). The number of carboxylic acids is 1. The van der Waals surface area contributed by atoms with Crippen LogP contribution in [0.2, 0.25) is 0 Å². The first-order chi connectivity index (χ1) is 10.2. The van der Waals surface area contributed by atoms with Gasteiger partial charge in [-0.1, -0.05) is 18.2 Å². The van der Waals surface area contributed by atoms with Crippen molar-refractivity contribution in [2.75, 3.05) is 5.73 Å². The number of pyridine rings is 1. The third-order valence-electron chi connectivity index (χ3n) is 2.88. The molecule has 3 N–H and O–H groups in total. The molecule has 21 heavy (non-hydrogen) atoms. The van der Waals surface area contributed by atoms with Crippen molar-refractivity contribution in [2.24, 2.45) is 0 Å². The highest BCUT2D eigenvalue weighted by Gasteiger charge is 2.15. The van der Waals surface area contributed by atoms with E-state index in [2.05, 4.69) is 15.0 Å². The van der Waals surface area contributed by atoms with Crippen molar-refractivity contribution in [3.05, 3.63) is 48.4 Å². The lowest BCUT2D eigenvalue weighted by Crippen LogP contribution is -2.04. The summed E-state index contributed by atoms with van der Waals surface area (Å²) in [6.45, 7) is 0. The Labute approximate surface area is 124 Å². The van der Waals surface area contributed by atoms with E-state index in [1.165, 1.54) is 30.4 Å². The third-order valence-corrected chi connectivity index (χ3v) is 3.92. The maximum Gasteiger partial charge on any atom is 0.337 e. The minimum atomic E-state index is -1.08. The lowest BCUT2D eigenvalue weighted by Gasteiger charge is -2.07. The largest absolute Gasteiger partial charge is 0.478 e. The summed E-state index contributed by atoms with van der Waals surface area (Å²) in [5.41, 5.74) is 6.85. The predicted molar refractivity (Wildman–Crippen MR) is 79.3 cm³/mol. The minimum absolute atomic E-state index is 0.0332. The molecule has 0 amide bonds. The summed E-state index contributed by atoms with van der Waals surface area (Å²) >= 11 is 1.22. The molecule has 1 aromatic carbocycles. The van der Waals surface area contributed by atoms with Crippen LogP contribution in [-0.2, 0) is 0 Å². The Morgan fingerprint density at radius 2 is 1.90 bits per heavy atom. The lowest BCUT2D eigenvalue weighted by atomic mass is 10.2. The Hall–Kier alpha value is -2.67. The predicted octanol–water partition coefficient (Wildman–Crippen LogP) is 2.46. The SMILES string of the molecule is Nc1c(C(=O)O)ccnc1Sc1ncnc2ccccc12. The van der Waals surface area contributed by atoms with E-state index < -0.39 is 5.97 Å². The maximum atomic E-state index is 11.1. The number of aromatic carboxylic acids is 1. The number of fused-ring (bicyclic) bond motifs is 1. The number of nitrogens with two attached hydrogens (primary N) is 1. The number of hydrogen-bond donors (Lipinski definition) is 2. The van der Waals surface area contributed by atoms with Crippen molar-refractivity contribution in [2.45, 2.75) is 10.1 Å². The summed E-state index contributed by atoms with van der Waals surface area (Å²) in [4.78, 5) is 23.6. The highest BCUT2D eigenvalue weighted by Crippen LogP contribution is 2.33. The van der Waals surface area contributed by atoms with Gasteiger partial charge in [-0.3, -0.25) is 0 Å². The number of aromatic nitrogens is 3. The number of nitrogens with zero attached hydrogens (tertiary/aromatic N) is 3. The smallest absolute Gasteiger partial charge is 0.337 e. The molecule has 0 unspecified atom stereocenters. The van der Waals surface area contributed by atoms with Crippen molar-refractivity contribution in [1.82, 2.24) is 15.0 Å². The number of para-hydroxylation sites is 1. The molecule has 0 bridgehead atoms. The van der Waals surface area contributed by atoms with E-state index in [1.807, 2.05) is 24.3 Å². The number of benzene rings is 1. The summed E-state index contributed by atoms with van der Waals surface area (Å²) < 4.78 is 0. The monoisotopic (exact) mass is 298 g/mol. The van der Waals surface area contributed by atoms with E-state index in [9.17, 15) is 4.79 Å². The van der Waals surface area contributed by atoms with Crippen LogP contribution in [-0.4, -0.2) is 26.0 Å². The maximum absolute atomic E-state index is 11.1. The zero-order valence-corrected chi connectivity index (χ0v) is 11.5. The molecular weight excluding hydrogens is 288 g/mol. The first-order valence-corrected chi connectivity index (χ1v) is 6.84. The van der Waals surface area contributed by atoms with E-state index in [4.69, 9.17) is 10.8 Å². The number of nitrogen functional groups attached to an aromatic ring is 1. The number of hydrogen-bond acceptors (Lipinski definition) is 6. The van der Waals surface area contributed by atoms with Crippen LogP contribution in [0.4, 0.5) is 5.69 Å². The molecule has 0 saturated carbocycles. The van der Waals surface area contributed by atoms with Gasteiger partial charge in [0.2, 0.25) is 0 Å². The van der Waals surface area contributed by atoms with Crippen molar-refractivity contribution in [3.8, 4) is 0 Å². The Balaban J connectivity index is 2.07. The number of carbonyl (C=O) groups is 1. The Morgan fingerprint density at radius 3 is 2.71 bits per heavy atom. The van der Waals surface area contributed by atoms with E-state index >= 15 is 0 Å². The van der Waals surface area contributed by atoms with Gasteiger partial charge in [0.1, 0.15) is 16.4 Å². The van der Waals surface area contributed by atoms with Gasteiger partial charge in [-0.25, -0.2) is 19.7 Å². The molecule has 104 valence electrons. The number of anilines is 1. The first kappa shape index (κ1) is 13.3. The van der Waals surface area contributed by atoms with Crippen LogP contribution in [0.15, 0.2) is 52.9 Å². The summed E-state index contributed by atoms with van der Waals surface area (Å²) in [5, 5.41) is 11.1.